The highest BCUT2D eigenvalue weighted by Gasteiger charge is 2.22. The minimum Gasteiger partial charge on any atom is -0.449 e. The number of hydrogen-bond donors (Lipinski definition) is 1. The maximum atomic E-state index is 12.6. The van der Waals surface area contributed by atoms with E-state index < -0.39 is 18.0 Å². The molecule has 0 aliphatic carbocycles. The van der Waals surface area contributed by atoms with E-state index in [0.717, 1.165) is 5.56 Å². The van der Waals surface area contributed by atoms with E-state index in [1.807, 2.05) is 44.2 Å². The van der Waals surface area contributed by atoms with Crippen LogP contribution < -0.4 is 5.73 Å². The van der Waals surface area contributed by atoms with Crippen LogP contribution >= 0.6 is 0 Å². The van der Waals surface area contributed by atoms with Gasteiger partial charge in [0.05, 0.1) is 22.8 Å². The number of pyridine rings is 1. The Morgan fingerprint density at radius 2 is 1.85 bits per heavy atom. The normalized spacial score (nSPS) is 12.3. The Kier molecular flexibility index (Phi) is 4.71. The van der Waals surface area contributed by atoms with Crippen molar-refractivity contribution >= 4 is 22.9 Å². The third kappa shape index (κ3) is 3.28. The minimum atomic E-state index is -1.02. The zero-order valence-electron chi connectivity index (χ0n) is 14.8. The van der Waals surface area contributed by atoms with Crippen molar-refractivity contribution in [3.8, 4) is 11.3 Å². The number of aromatic nitrogens is 3. The number of primary amides is 1. The maximum absolute atomic E-state index is 12.6. The molecule has 1 atom stereocenters. The lowest BCUT2D eigenvalue weighted by Crippen LogP contribution is -2.30. The van der Waals surface area contributed by atoms with Crippen molar-refractivity contribution in [2.24, 2.45) is 5.73 Å². The number of carbonyl (C=O) groups excluding carboxylic acids is 2. The lowest BCUT2D eigenvalue weighted by molar-refractivity contribution is -0.125. The van der Waals surface area contributed by atoms with E-state index >= 15 is 0 Å². The Hall–Kier alpha value is -3.22. The van der Waals surface area contributed by atoms with Crippen molar-refractivity contribution in [3.05, 3.63) is 48.2 Å². The van der Waals surface area contributed by atoms with Crippen LogP contribution in [0.15, 0.2) is 42.6 Å². The van der Waals surface area contributed by atoms with Crippen LogP contribution in [-0.4, -0.2) is 32.7 Å². The summed E-state index contributed by atoms with van der Waals surface area (Å²) < 4.78 is 6.93. The summed E-state index contributed by atoms with van der Waals surface area (Å²) in [6.45, 7) is 5.40. The van der Waals surface area contributed by atoms with Gasteiger partial charge in [-0.15, -0.1) is 0 Å². The number of ether oxygens (including phenoxy) is 1. The first kappa shape index (κ1) is 17.6. The molecule has 7 heteroatoms. The molecule has 1 unspecified atom stereocenters. The predicted molar refractivity (Wildman–Crippen MR) is 97.4 cm³/mol. The van der Waals surface area contributed by atoms with Crippen LogP contribution in [0, 0.1) is 0 Å². The lowest BCUT2D eigenvalue weighted by Gasteiger charge is -2.12. The lowest BCUT2D eigenvalue weighted by atomic mass is 10.1. The topological polar surface area (TPSA) is 100 Å². The Morgan fingerprint density at radius 3 is 2.46 bits per heavy atom. The number of esters is 1. The quantitative estimate of drug-likeness (QED) is 0.712. The van der Waals surface area contributed by atoms with Gasteiger partial charge in [-0.05, 0) is 26.8 Å². The van der Waals surface area contributed by atoms with Crippen LogP contribution in [0.1, 0.15) is 37.2 Å². The molecule has 2 heterocycles. The van der Waals surface area contributed by atoms with Crippen molar-refractivity contribution in [1.29, 1.82) is 0 Å². The highest BCUT2D eigenvalue weighted by molar-refractivity contribution is 6.04. The largest absolute Gasteiger partial charge is 0.449 e. The molecule has 134 valence electrons. The van der Waals surface area contributed by atoms with Gasteiger partial charge in [-0.3, -0.25) is 4.79 Å². The summed E-state index contributed by atoms with van der Waals surface area (Å²) in [4.78, 5) is 28.6. The Labute approximate surface area is 150 Å². The molecule has 0 aliphatic rings. The molecule has 0 bridgehead atoms. The van der Waals surface area contributed by atoms with Gasteiger partial charge in [0, 0.05) is 11.6 Å². The highest BCUT2D eigenvalue weighted by atomic mass is 16.5. The van der Waals surface area contributed by atoms with Gasteiger partial charge >= 0.3 is 5.97 Å². The van der Waals surface area contributed by atoms with E-state index in [1.54, 1.807) is 16.9 Å². The number of benzene rings is 1. The van der Waals surface area contributed by atoms with Crippen molar-refractivity contribution in [3.63, 3.8) is 0 Å². The zero-order valence-corrected chi connectivity index (χ0v) is 14.8. The fourth-order valence-electron chi connectivity index (χ4n) is 2.60. The monoisotopic (exact) mass is 352 g/mol. The Morgan fingerprint density at radius 1 is 1.15 bits per heavy atom. The summed E-state index contributed by atoms with van der Waals surface area (Å²) in [6.07, 6.45) is 0.564. The van der Waals surface area contributed by atoms with Gasteiger partial charge in [0.2, 0.25) is 0 Å². The Balaban J connectivity index is 2.17. The average Bonchev–Trinajstić information content (AvgIpc) is 3.05. The summed E-state index contributed by atoms with van der Waals surface area (Å²) in [5.41, 5.74) is 7.57. The smallest absolute Gasteiger partial charge is 0.339 e. The second kappa shape index (κ2) is 6.95. The Bertz CT molecular complexity index is 964. The molecule has 26 heavy (non-hydrogen) atoms. The molecule has 2 N–H and O–H groups in total. The highest BCUT2D eigenvalue weighted by Crippen LogP contribution is 2.27. The zero-order chi connectivity index (χ0) is 18.8. The van der Waals surface area contributed by atoms with Gasteiger partial charge in [-0.1, -0.05) is 30.3 Å². The summed E-state index contributed by atoms with van der Waals surface area (Å²) >= 11 is 0. The number of nitrogens with zero attached hydrogens (tertiary/aromatic N) is 3. The fraction of sp³-hybridized carbons (Fsp3) is 0.263. The molecule has 0 fully saturated rings. The third-order valence-corrected chi connectivity index (χ3v) is 4.03. The number of hydrogen-bond acceptors (Lipinski definition) is 5. The van der Waals surface area contributed by atoms with Crippen LogP contribution in [0.4, 0.5) is 0 Å². The molecule has 0 saturated heterocycles. The number of rotatable bonds is 5. The number of fused-ring (bicyclic) bond motifs is 1. The molecular weight excluding hydrogens is 332 g/mol. The van der Waals surface area contributed by atoms with E-state index in [4.69, 9.17) is 10.5 Å². The average molecular weight is 352 g/mol. The SMILES string of the molecule is CC(OC(=O)c1cc(-c2ccccc2)nc2c1cnn2C(C)C)C(N)=O. The van der Waals surface area contributed by atoms with Gasteiger partial charge < -0.3 is 10.5 Å². The third-order valence-electron chi connectivity index (χ3n) is 4.03. The molecular formula is C19H20N4O3. The van der Waals surface area contributed by atoms with Gasteiger partial charge in [0.1, 0.15) is 0 Å². The van der Waals surface area contributed by atoms with E-state index in [1.165, 1.54) is 6.92 Å². The van der Waals surface area contributed by atoms with Gasteiger partial charge in [-0.25, -0.2) is 14.5 Å². The first-order valence-electron chi connectivity index (χ1n) is 8.32. The van der Waals surface area contributed by atoms with E-state index in [9.17, 15) is 9.59 Å². The van der Waals surface area contributed by atoms with Crippen LogP contribution in [0.2, 0.25) is 0 Å². The fourth-order valence-corrected chi connectivity index (χ4v) is 2.60. The first-order chi connectivity index (χ1) is 12.4. The number of carbonyl (C=O) groups is 2. The van der Waals surface area contributed by atoms with Crippen LogP contribution in [0.5, 0.6) is 0 Å². The van der Waals surface area contributed by atoms with Crippen molar-refractivity contribution in [1.82, 2.24) is 14.8 Å². The van der Waals surface area contributed by atoms with Crippen molar-refractivity contribution in [2.75, 3.05) is 0 Å². The molecule has 1 aromatic carbocycles. The molecule has 0 saturated carbocycles. The van der Waals surface area contributed by atoms with Crippen molar-refractivity contribution in [2.45, 2.75) is 32.9 Å². The standard InChI is InChI=1S/C19H20N4O3/c1-11(2)23-18-15(10-21-23)14(19(25)26-12(3)17(20)24)9-16(22-18)13-7-5-4-6-8-13/h4-12H,1-3H3,(H2,20,24). The molecule has 3 rings (SSSR count). The van der Waals surface area contributed by atoms with Gasteiger partial charge in [0.15, 0.2) is 11.8 Å². The number of amides is 1. The first-order valence-corrected chi connectivity index (χ1v) is 8.32. The molecule has 0 spiro atoms. The predicted octanol–water partition coefficient (Wildman–Crippen LogP) is 2.71. The second-order valence-corrected chi connectivity index (χ2v) is 6.29. The van der Waals surface area contributed by atoms with E-state index in [-0.39, 0.29) is 6.04 Å². The summed E-state index contributed by atoms with van der Waals surface area (Å²) in [7, 11) is 0. The molecule has 7 nitrogen and oxygen atoms in total. The second-order valence-electron chi connectivity index (χ2n) is 6.29. The van der Waals surface area contributed by atoms with E-state index in [2.05, 4.69) is 10.1 Å². The molecule has 1 amide bonds. The maximum Gasteiger partial charge on any atom is 0.339 e. The van der Waals surface area contributed by atoms with Crippen LogP contribution in [0.3, 0.4) is 0 Å². The van der Waals surface area contributed by atoms with Gasteiger partial charge in [0.25, 0.3) is 5.91 Å². The molecule has 0 radical (unpaired) electrons. The van der Waals surface area contributed by atoms with Crippen LogP contribution in [0.25, 0.3) is 22.3 Å². The van der Waals surface area contributed by atoms with Gasteiger partial charge in [-0.2, -0.15) is 5.10 Å². The summed E-state index contributed by atoms with van der Waals surface area (Å²) in [5.74, 6) is -1.34. The minimum absolute atomic E-state index is 0.0689. The molecule has 0 aliphatic heterocycles. The van der Waals surface area contributed by atoms with Crippen LogP contribution in [-0.2, 0) is 9.53 Å². The van der Waals surface area contributed by atoms with Crippen molar-refractivity contribution < 1.29 is 14.3 Å². The molecule has 2 aromatic heterocycles. The molecule has 3 aromatic rings. The summed E-state index contributed by atoms with van der Waals surface area (Å²) in [6, 6.07) is 11.2. The number of nitrogens with two attached hydrogens (primary N) is 1. The van der Waals surface area contributed by atoms with E-state index in [0.29, 0.717) is 22.3 Å². The summed E-state index contributed by atoms with van der Waals surface area (Å²) in [5, 5.41) is 4.91.